The minimum Gasteiger partial charge on any atom is -0.493 e. The first-order valence-corrected chi connectivity index (χ1v) is 9.02. The van der Waals surface area contributed by atoms with Crippen LogP contribution in [0.4, 0.5) is 0 Å². The molecule has 0 heterocycles. The standard InChI is InChI=1S/C21H23BrO3/c1-5-24-18-12-11-16(22)14-15(18)10-13-20(23)25-19-9-7-6-8-17(19)21(2,3)4/h6-14H,5H2,1-4H3/b13-10+. The van der Waals surface area contributed by atoms with Gasteiger partial charge in [-0.1, -0.05) is 54.9 Å². The van der Waals surface area contributed by atoms with Gasteiger partial charge in [0, 0.05) is 21.7 Å². The molecule has 4 heteroatoms. The monoisotopic (exact) mass is 402 g/mol. The number of rotatable bonds is 5. The largest absolute Gasteiger partial charge is 0.493 e. The van der Waals surface area contributed by atoms with E-state index >= 15 is 0 Å². The first-order chi connectivity index (χ1) is 11.8. The molecule has 0 amide bonds. The molecule has 0 unspecified atom stereocenters. The SMILES string of the molecule is CCOc1ccc(Br)cc1/C=C/C(=O)Oc1ccccc1C(C)(C)C. The Labute approximate surface area is 157 Å². The molecule has 3 nitrogen and oxygen atoms in total. The Kier molecular flexibility index (Phi) is 6.43. The van der Waals surface area contributed by atoms with Crippen LogP contribution in [0.2, 0.25) is 0 Å². The number of esters is 1. The number of para-hydroxylation sites is 1. The first-order valence-electron chi connectivity index (χ1n) is 8.23. The third-order valence-corrected chi connectivity index (χ3v) is 4.07. The molecule has 0 N–H and O–H groups in total. The minimum atomic E-state index is -0.417. The van der Waals surface area contributed by atoms with E-state index in [0.717, 1.165) is 21.3 Å². The Morgan fingerprint density at radius 3 is 2.52 bits per heavy atom. The van der Waals surface area contributed by atoms with Crippen LogP contribution in [-0.4, -0.2) is 12.6 Å². The number of halogens is 1. The van der Waals surface area contributed by atoms with Gasteiger partial charge in [-0.25, -0.2) is 4.79 Å². The molecule has 0 fully saturated rings. The van der Waals surface area contributed by atoms with Crippen LogP contribution >= 0.6 is 15.9 Å². The predicted molar refractivity (Wildman–Crippen MR) is 105 cm³/mol. The maximum atomic E-state index is 12.3. The molecule has 0 spiro atoms. The molecule has 0 saturated carbocycles. The summed E-state index contributed by atoms with van der Waals surface area (Å²) < 4.78 is 12.0. The summed E-state index contributed by atoms with van der Waals surface area (Å²) in [5.41, 5.74) is 1.71. The van der Waals surface area contributed by atoms with Gasteiger partial charge in [0.2, 0.25) is 0 Å². The van der Waals surface area contributed by atoms with Crippen LogP contribution in [0.25, 0.3) is 6.08 Å². The molecule has 0 aliphatic heterocycles. The number of carbonyl (C=O) groups is 1. The van der Waals surface area contributed by atoms with Gasteiger partial charge in [0.1, 0.15) is 11.5 Å². The van der Waals surface area contributed by atoms with Crippen LogP contribution in [-0.2, 0) is 10.2 Å². The summed E-state index contributed by atoms with van der Waals surface area (Å²) in [4.78, 5) is 12.3. The molecule has 0 aliphatic carbocycles. The predicted octanol–water partition coefficient (Wildman–Crippen LogP) is 5.76. The summed E-state index contributed by atoms with van der Waals surface area (Å²) in [5.74, 6) is 0.896. The fraction of sp³-hybridized carbons (Fsp3) is 0.286. The number of carbonyl (C=O) groups excluding carboxylic acids is 1. The zero-order valence-corrected chi connectivity index (χ0v) is 16.6. The summed E-state index contributed by atoms with van der Waals surface area (Å²) in [7, 11) is 0. The van der Waals surface area contributed by atoms with E-state index in [1.807, 2.05) is 49.4 Å². The van der Waals surface area contributed by atoms with Gasteiger partial charge in [-0.15, -0.1) is 0 Å². The highest BCUT2D eigenvalue weighted by molar-refractivity contribution is 9.10. The summed E-state index contributed by atoms with van der Waals surface area (Å²) in [6.45, 7) is 8.75. The van der Waals surface area contributed by atoms with Crippen molar-refractivity contribution in [3.63, 3.8) is 0 Å². The summed E-state index contributed by atoms with van der Waals surface area (Å²) in [6, 6.07) is 13.3. The summed E-state index contributed by atoms with van der Waals surface area (Å²) in [5, 5.41) is 0. The second-order valence-electron chi connectivity index (χ2n) is 6.62. The Morgan fingerprint density at radius 2 is 1.84 bits per heavy atom. The second-order valence-corrected chi connectivity index (χ2v) is 7.53. The third-order valence-electron chi connectivity index (χ3n) is 3.58. The van der Waals surface area contributed by atoms with Gasteiger partial charge >= 0.3 is 5.97 Å². The highest BCUT2D eigenvalue weighted by Crippen LogP contribution is 2.31. The first kappa shape index (κ1) is 19.3. The normalized spacial score (nSPS) is 11.6. The van der Waals surface area contributed by atoms with Crippen molar-refractivity contribution >= 4 is 28.0 Å². The average molecular weight is 403 g/mol. The zero-order chi connectivity index (χ0) is 18.4. The second kappa shape index (κ2) is 8.34. The molecule has 132 valence electrons. The molecule has 25 heavy (non-hydrogen) atoms. The van der Waals surface area contributed by atoms with Crippen LogP contribution in [0.3, 0.4) is 0 Å². The average Bonchev–Trinajstić information content (AvgIpc) is 2.55. The van der Waals surface area contributed by atoms with Crippen molar-refractivity contribution < 1.29 is 14.3 Å². The van der Waals surface area contributed by atoms with Crippen molar-refractivity contribution in [3.05, 3.63) is 64.1 Å². The fourth-order valence-electron chi connectivity index (χ4n) is 2.41. The van der Waals surface area contributed by atoms with E-state index in [-0.39, 0.29) is 5.41 Å². The number of benzene rings is 2. The van der Waals surface area contributed by atoms with E-state index in [1.165, 1.54) is 6.08 Å². The van der Waals surface area contributed by atoms with Crippen molar-refractivity contribution in [2.24, 2.45) is 0 Å². The van der Waals surface area contributed by atoms with Crippen LogP contribution in [0, 0.1) is 0 Å². The fourth-order valence-corrected chi connectivity index (χ4v) is 2.79. The maximum absolute atomic E-state index is 12.3. The highest BCUT2D eigenvalue weighted by atomic mass is 79.9. The smallest absolute Gasteiger partial charge is 0.336 e. The number of ether oxygens (including phenoxy) is 2. The molecule has 0 saturated heterocycles. The van der Waals surface area contributed by atoms with Crippen LogP contribution in [0.5, 0.6) is 11.5 Å². The number of hydrogen-bond donors (Lipinski definition) is 0. The molecule has 0 aliphatic rings. The van der Waals surface area contributed by atoms with E-state index in [4.69, 9.17) is 9.47 Å². The lowest BCUT2D eigenvalue weighted by Gasteiger charge is -2.21. The van der Waals surface area contributed by atoms with Crippen molar-refractivity contribution in [2.45, 2.75) is 33.1 Å². The topological polar surface area (TPSA) is 35.5 Å². The van der Waals surface area contributed by atoms with Gasteiger partial charge in [0.15, 0.2) is 0 Å². The minimum absolute atomic E-state index is 0.104. The van der Waals surface area contributed by atoms with Crippen molar-refractivity contribution in [3.8, 4) is 11.5 Å². The number of hydrogen-bond acceptors (Lipinski definition) is 3. The Morgan fingerprint density at radius 1 is 1.12 bits per heavy atom. The van der Waals surface area contributed by atoms with E-state index < -0.39 is 5.97 Å². The van der Waals surface area contributed by atoms with E-state index in [1.54, 1.807) is 6.08 Å². The lowest BCUT2D eigenvalue weighted by atomic mass is 9.86. The maximum Gasteiger partial charge on any atom is 0.336 e. The van der Waals surface area contributed by atoms with Crippen molar-refractivity contribution in [2.75, 3.05) is 6.61 Å². The zero-order valence-electron chi connectivity index (χ0n) is 15.0. The third kappa shape index (κ3) is 5.46. The Hall–Kier alpha value is -2.07. The quantitative estimate of drug-likeness (QED) is 0.362. The van der Waals surface area contributed by atoms with Crippen LogP contribution in [0.15, 0.2) is 53.0 Å². The highest BCUT2D eigenvalue weighted by Gasteiger charge is 2.19. The summed E-state index contributed by atoms with van der Waals surface area (Å²) >= 11 is 3.43. The van der Waals surface area contributed by atoms with Gasteiger partial charge in [0.05, 0.1) is 6.61 Å². The van der Waals surface area contributed by atoms with E-state index in [9.17, 15) is 4.79 Å². The Bertz CT molecular complexity index is 773. The molecule has 2 rings (SSSR count). The van der Waals surface area contributed by atoms with Gasteiger partial charge in [-0.3, -0.25) is 0 Å². The van der Waals surface area contributed by atoms with Crippen LogP contribution in [0.1, 0.15) is 38.8 Å². The summed E-state index contributed by atoms with van der Waals surface area (Å²) in [6.07, 6.45) is 3.13. The lowest BCUT2D eigenvalue weighted by molar-refractivity contribution is -0.128. The molecule has 0 atom stereocenters. The molecule has 0 aromatic heterocycles. The van der Waals surface area contributed by atoms with E-state index in [0.29, 0.717) is 12.4 Å². The van der Waals surface area contributed by atoms with Gasteiger partial charge < -0.3 is 9.47 Å². The van der Waals surface area contributed by atoms with Gasteiger partial charge in [-0.05, 0) is 42.7 Å². The molecular weight excluding hydrogens is 380 g/mol. The Balaban J connectivity index is 2.19. The lowest BCUT2D eigenvalue weighted by Crippen LogP contribution is -2.15. The molecular formula is C21H23BrO3. The van der Waals surface area contributed by atoms with E-state index in [2.05, 4.69) is 36.7 Å². The van der Waals surface area contributed by atoms with Gasteiger partial charge in [0.25, 0.3) is 0 Å². The van der Waals surface area contributed by atoms with Crippen molar-refractivity contribution in [1.29, 1.82) is 0 Å². The van der Waals surface area contributed by atoms with Crippen molar-refractivity contribution in [1.82, 2.24) is 0 Å². The van der Waals surface area contributed by atoms with Gasteiger partial charge in [-0.2, -0.15) is 0 Å². The molecule has 2 aromatic carbocycles. The van der Waals surface area contributed by atoms with Crippen LogP contribution < -0.4 is 9.47 Å². The molecule has 2 aromatic rings. The molecule has 0 radical (unpaired) electrons. The molecule has 0 bridgehead atoms.